The highest BCUT2D eigenvalue weighted by Gasteiger charge is 2.62. The molecule has 142 valence electrons. The van der Waals surface area contributed by atoms with Gasteiger partial charge < -0.3 is 15.8 Å². The second-order valence-electron chi connectivity index (χ2n) is 6.72. The van der Waals surface area contributed by atoms with Crippen LogP contribution in [0.25, 0.3) is 0 Å². The lowest BCUT2D eigenvalue weighted by Crippen LogP contribution is -2.75. The van der Waals surface area contributed by atoms with Crippen molar-refractivity contribution >= 4 is 18.3 Å². The molecule has 0 radical (unpaired) electrons. The predicted octanol–water partition coefficient (Wildman–Crippen LogP) is 3.28. The van der Waals surface area contributed by atoms with Crippen LogP contribution in [0.5, 0.6) is 0 Å². The first-order valence-corrected chi connectivity index (χ1v) is 7.87. The largest absolute Gasteiger partial charge is 0.416 e. The van der Waals surface area contributed by atoms with Gasteiger partial charge in [-0.2, -0.15) is 13.2 Å². The molecular formula is C17H24ClF3N2O2. The monoisotopic (exact) mass is 380 g/mol. The van der Waals surface area contributed by atoms with Gasteiger partial charge in [-0.1, -0.05) is 26.0 Å². The Labute approximate surface area is 151 Å². The minimum atomic E-state index is -4.41. The highest BCUT2D eigenvalue weighted by molar-refractivity contribution is 5.88. The van der Waals surface area contributed by atoms with Gasteiger partial charge in [0.05, 0.1) is 11.7 Å². The number of carbonyl (C=O) groups is 1. The smallest absolute Gasteiger partial charge is 0.378 e. The molecule has 3 N–H and O–H groups in total. The molecule has 2 rings (SSSR count). The number of hydrogen-bond donors (Lipinski definition) is 2. The van der Waals surface area contributed by atoms with Crippen molar-refractivity contribution in [1.82, 2.24) is 5.32 Å². The molecule has 1 amide bonds. The average molecular weight is 381 g/mol. The summed E-state index contributed by atoms with van der Waals surface area (Å²) in [5.41, 5.74) is 4.24. The molecule has 0 aromatic heterocycles. The molecule has 8 heteroatoms. The number of ether oxygens (including phenoxy) is 1. The Bertz CT molecular complexity index is 622. The van der Waals surface area contributed by atoms with Gasteiger partial charge >= 0.3 is 6.18 Å². The molecule has 2 unspecified atom stereocenters. The summed E-state index contributed by atoms with van der Waals surface area (Å²) in [7, 11) is 0. The van der Waals surface area contributed by atoms with Crippen LogP contribution in [-0.2, 0) is 22.3 Å². The summed E-state index contributed by atoms with van der Waals surface area (Å²) in [6.45, 7) is 6.13. The number of amides is 1. The normalized spacial score (nSPS) is 24.8. The third kappa shape index (κ3) is 4.10. The van der Waals surface area contributed by atoms with E-state index in [9.17, 15) is 18.0 Å². The second kappa shape index (κ2) is 7.51. The molecule has 0 saturated heterocycles. The van der Waals surface area contributed by atoms with Crippen LogP contribution < -0.4 is 11.1 Å². The molecule has 1 aliphatic rings. The molecule has 0 bridgehead atoms. The van der Waals surface area contributed by atoms with Gasteiger partial charge in [0.2, 0.25) is 5.91 Å². The fourth-order valence-electron chi connectivity index (χ4n) is 3.02. The van der Waals surface area contributed by atoms with Gasteiger partial charge in [0, 0.05) is 25.0 Å². The zero-order chi connectivity index (χ0) is 18.2. The van der Waals surface area contributed by atoms with E-state index in [0.29, 0.717) is 18.6 Å². The fraction of sp³-hybridized carbons (Fsp3) is 0.588. The quantitative estimate of drug-likeness (QED) is 0.824. The Morgan fingerprint density at radius 3 is 2.56 bits per heavy atom. The van der Waals surface area contributed by atoms with Crippen LogP contribution in [0.1, 0.15) is 38.3 Å². The Morgan fingerprint density at radius 2 is 2.04 bits per heavy atom. The van der Waals surface area contributed by atoms with Crippen LogP contribution in [-0.4, -0.2) is 24.2 Å². The summed E-state index contributed by atoms with van der Waals surface area (Å²) in [5, 5.41) is 2.65. The molecular weight excluding hydrogens is 357 g/mol. The molecule has 0 spiro atoms. The molecule has 2 atom stereocenters. The number of nitrogens with one attached hydrogen (secondary N) is 1. The standard InChI is InChI=1S/C17H23F3N2O2.ClH/c1-4-24-13-9-16(21,15(13,2)3)14(23)22-10-11-6-5-7-12(8-11)17(18,19)20;/h5-8,13H,4,9-10,21H2,1-3H3,(H,22,23);1H. The second-order valence-corrected chi connectivity index (χ2v) is 6.72. The van der Waals surface area contributed by atoms with Gasteiger partial charge in [0.15, 0.2) is 0 Å². The van der Waals surface area contributed by atoms with Crippen LogP contribution in [0.3, 0.4) is 0 Å². The number of nitrogens with two attached hydrogens (primary N) is 1. The zero-order valence-corrected chi connectivity index (χ0v) is 15.3. The maximum Gasteiger partial charge on any atom is 0.416 e. The van der Waals surface area contributed by atoms with Crippen LogP contribution in [0.15, 0.2) is 24.3 Å². The van der Waals surface area contributed by atoms with E-state index in [2.05, 4.69) is 5.32 Å². The minimum absolute atomic E-state index is 0. The van der Waals surface area contributed by atoms with Crippen LogP contribution in [0.4, 0.5) is 13.2 Å². The van der Waals surface area contributed by atoms with Crippen LogP contribution >= 0.6 is 12.4 Å². The maximum atomic E-state index is 12.7. The molecule has 1 aromatic carbocycles. The number of rotatable bonds is 5. The van der Waals surface area contributed by atoms with E-state index in [1.807, 2.05) is 20.8 Å². The van der Waals surface area contributed by atoms with Crippen molar-refractivity contribution < 1.29 is 22.7 Å². The molecule has 1 aromatic rings. The number of hydrogen-bond acceptors (Lipinski definition) is 3. The Kier molecular flexibility index (Phi) is 6.53. The first-order chi connectivity index (χ1) is 11.0. The first kappa shape index (κ1) is 21.7. The number of benzene rings is 1. The molecule has 0 heterocycles. The van der Waals surface area contributed by atoms with Crippen molar-refractivity contribution in [2.45, 2.75) is 51.6 Å². The van der Waals surface area contributed by atoms with Crippen LogP contribution in [0, 0.1) is 5.41 Å². The van der Waals surface area contributed by atoms with Crippen molar-refractivity contribution in [3.63, 3.8) is 0 Å². The SMILES string of the molecule is CCOC1CC(N)(C(=O)NCc2cccc(C(F)(F)F)c2)C1(C)C.Cl. The predicted molar refractivity (Wildman–Crippen MR) is 91.3 cm³/mol. The Hall–Kier alpha value is -1.31. The van der Waals surface area contributed by atoms with E-state index in [1.54, 1.807) is 0 Å². The number of carbonyl (C=O) groups excluding carboxylic acids is 1. The van der Waals surface area contributed by atoms with Crippen molar-refractivity contribution in [3.8, 4) is 0 Å². The van der Waals surface area contributed by atoms with Gasteiger partial charge in [-0.25, -0.2) is 0 Å². The van der Waals surface area contributed by atoms with Gasteiger partial charge in [-0.15, -0.1) is 12.4 Å². The van der Waals surface area contributed by atoms with E-state index >= 15 is 0 Å². The maximum absolute atomic E-state index is 12.7. The third-order valence-electron chi connectivity index (χ3n) is 4.94. The molecule has 1 fully saturated rings. The first-order valence-electron chi connectivity index (χ1n) is 7.87. The summed E-state index contributed by atoms with van der Waals surface area (Å²) >= 11 is 0. The van der Waals surface area contributed by atoms with E-state index in [0.717, 1.165) is 12.1 Å². The number of halogens is 4. The summed E-state index contributed by atoms with van der Waals surface area (Å²) in [6, 6.07) is 4.88. The van der Waals surface area contributed by atoms with Crippen LogP contribution in [0.2, 0.25) is 0 Å². The highest BCUT2D eigenvalue weighted by Crippen LogP contribution is 2.49. The molecule has 0 aliphatic heterocycles. The minimum Gasteiger partial charge on any atom is -0.378 e. The summed E-state index contributed by atoms with van der Waals surface area (Å²) < 4.78 is 43.7. The van der Waals surface area contributed by atoms with Gasteiger partial charge in [-0.3, -0.25) is 4.79 Å². The summed E-state index contributed by atoms with van der Waals surface area (Å²) in [5.74, 6) is -0.374. The summed E-state index contributed by atoms with van der Waals surface area (Å²) in [4.78, 5) is 12.5. The number of alkyl halides is 3. The topological polar surface area (TPSA) is 64.3 Å². The van der Waals surface area contributed by atoms with Gasteiger partial charge in [0.1, 0.15) is 5.54 Å². The fourth-order valence-corrected chi connectivity index (χ4v) is 3.02. The van der Waals surface area contributed by atoms with E-state index in [-0.39, 0.29) is 31.0 Å². The van der Waals surface area contributed by atoms with Gasteiger partial charge in [-0.05, 0) is 24.6 Å². The lowest BCUT2D eigenvalue weighted by molar-refractivity contribution is -0.170. The van der Waals surface area contributed by atoms with E-state index < -0.39 is 22.7 Å². The average Bonchev–Trinajstić information content (AvgIpc) is 2.51. The van der Waals surface area contributed by atoms with Crippen molar-refractivity contribution in [3.05, 3.63) is 35.4 Å². The molecule has 1 saturated carbocycles. The van der Waals surface area contributed by atoms with Crippen molar-refractivity contribution in [1.29, 1.82) is 0 Å². The molecule has 1 aliphatic carbocycles. The Balaban J connectivity index is 0.00000312. The Morgan fingerprint density at radius 1 is 1.40 bits per heavy atom. The van der Waals surface area contributed by atoms with Gasteiger partial charge in [0.25, 0.3) is 0 Å². The third-order valence-corrected chi connectivity index (χ3v) is 4.94. The highest BCUT2D eigenvalue weighted by atomic mass is 35.5. The lowest BCUT2D eigenvalue weighted by atomic mass is 9.54. The van der Waals surface area contributed by atoms with E-state index in [1.165, 1.54) is 12.1 Å². The van der Waals surface area contributed by atoms with Crippen molar-refractivity contribution in [2.24, 2.45) is 11.1 Å². The van der Waals surface area contributed by atoms with Crippen molar-refractivity contribution in [2.75, 3.05) is 6.61 Å². The molecule has 4 nitrogen and oxygen atoms in total. The lowest BCUT2D eigenvalue weighted by Gasteiger charge is -2.57. The van der Waals surface area contributed by atoms with E-state index in [4.69, 9.17) is 10.5 Å². The summed E-state index contributed by atoms with van der Waals surface area (Å²) in [6.07, 6.45) is -4.12. The molecule has 25 heavy (non-hydrogen) atoms. The zero-order valence-electron chi connectivity index (χ0n) is 14.4.